The molecule has 3 aromatic rings. The minimum Gasteiger partial charge on any atom is -0.354 e. The summed E-state index contributed by atoms with van der Waals surface area (Å²) in [5.41, 5.74) is 1.59. The molecule has 1 aromatic heterocycles. The molecule has 100 valence electrons. The second-order valence-corrected chi connectivity index (χ2v) is 4.52. The molecule has 0 bridgehead atoms. The first-order chi connectivity index (χ1) is 9.83. The fraction of sp³-hybridized carbons (Fsp3) is 0.125. The lowest BCUT2D eigenvalue weighted by Crippen LogP contribution is -2.08. The number of fused-ring (bicyclic) bond motifs is 1. The zero-order valence-corrected chi connectivity index (χ0v) is 10.9. The van der Waals surface area contributed by atoms with E-state index in [1.54, 1.807) is 18.3 Å². The van der Waals surface area contributed by atoms with E-state index in [9.17, 15) is 4.39 Å². The summed E-state index contributed by atoms with van der Waals surface area (Å²) in [5, 5.41) is 4.13. The van der Waals surface area contributed by atoms with Gasteiger partial charge >= 0.3 is 0 Å². The summed E-state index contributed by atoms with van der Waals surface area (Å²) in [6.45, 7) is 0.597. The number of benzene rings is 2. The van der Waals surface area contributed by atoms with E-state index < -0.39 is 0 Å². The van der Waals surface area contributed by atoms with Gasteiger partial charge in [0.15, 0.2) is 0 Å². The van der Waals surface area contributed by atoms with E-state index in [4.69, 9.17) is 0 Å². The molecule has 0 radical (unpaired) electrons. The number of anilines is 1. The smallest absolute Gasteiger partial charge is 0.223 e. The summed E-state index contributed by atoms with van der Waals surface area (Å²) in [4.78, 5) is 8.66. The van der Waals surface area contributed by atoms with Crippen LogP contribution in [0.5, 0.6) is 0 Å². The monoisotopic (exact) mass is 267 g/mol. The molecule has 0 aliphatic heterocycles. The molecule has 2 aromatic carbocycles. The molecule has 1 heterocycles. The molecule has 3 rings (SSSR count). The van der Waals surface area contributed by atoms with Gasteiger partial charge in [0.1, 0.15) is 5.82 Å². The number of aromatic nitrogens is 2. The Morgan fingerprint density at radius 3 is 2.70 bits per heavy atom. The van der Waals surface area contributed by atoms with Crippen LogP contribution in [0.3, 0.4) is 0 Å². The topological polar surface area (TPSA) is 37.8 Å². The van der Waals surface area contributed by atoms with Crippen LogP contribution in [0.25, 0.3) is 10.9 Å². The fourth-order valence-corrected chi connectivity index (χ4v) is 2.07. The highest BCUT2D eigenvalue weighted by atomic mass is 19.1. The predicted molar refractivity (Wildman–Crippen MR) is 78.1 cm³/mol. The van der Waals surface area contributed by atoms with Crippen molar-refractivity contribution in [2.45, 2.75) is 6.42 Å². The molecule has 0 saturated carbocycles. The summed E-state index contributed by atoms with van der Waals surface area (Å²) in [7, 11) is 0. The Morgan fingerprint density at radius 1 is 1.00 bits per heavy atom. The van der Waals surface area contributed by atoms with E-state index >= 15 is 0 Å². The molecule has 0 aliphatic carbocycles. The van der Waals surface area contributed by atoms with Crippen molar-refractivity contribution in [3.8, 4) is 0 Å². The van der Waals surface area contributed by atoms with Crippen LogP contribution in [0.4, 0.5) is 10.3 Å². The Labute approximate surface area is 116 Å². The van der Waals surface area contributed by atoms with E-state index in [0.717, 1.165) is 10.9 Å². The van der Waals surface area contributed by atoms with Gasteiger partial charge in [0.05, 0.1) is 5.52 Å². The minimum atomic E-state index is -0.172. The van der Waals surface area contributed by atoms with Gasteiger partial charge < -0.3 is 5.32 Å². The van der Waals surface area contributed by atoms with Crippen molar-refractivity contribution < 1.29 is 4.39 Å². The highest BCUT2D eigenvalue weighted by Crippen LogP contribution is 2.12. The largest absolute Gasteiger partial charge is 0.354 e. The van der Waals surface area contributed by atoms with Crippen LogP contribution in [-0.4, -0.2) is 16.5 Å². The molecule has 0 aliphatic rings. The SMILES string of the molecule is Fc1ccccc1CCNc1ncc2ccccc2n1. The first-order valence-electron chi connectivity index (χ1n) is 6.52. The Kier molecular flexibility index (Phi) is 3.54. The van der Waals surface area contributed by atoms with E-state index in [2.05, 4.69) is 15.3 Å². The van der Waals surface area contributed by atoms with Gasteiger partial charge in [-0.1, -0.05) is 36.4 Å². The van der Waals surface area contributed by atoms with Gasteiger partial charge in [0.2, 0.25) is 5.95 Å². The lowest BCUT2D eigenvalue weighted by molar-refractivity contribution is 0.610. The molecule has 20 heavy (non-hydrogen) atoms. The lowest BCUT2D eigenvalue weighted by atomic mass is 10.1. The first kappa shape index (κ1) is 12.5. The van der Waals surface area contributed by atoms with Crippen molar-refractivity contribution in [2.24, 2.45) is 0 Å². The molecular weight excluding hydrogens is 253 g/mol. The molecule has 1 N–H and O–H groups in total. The second-order valence-electron chi connectivity index (χ2n) is 4.52. The van der Waals surface area contributed by atoms with Crippen molar-refractivity contribution in [1.29, 1.82) is 0 Å². The highest BCUT2D eigenvalue weighted by Gasteiger charge is 2.02. The molecule has 0 saturated heterocycles. The molecule has 0 unspecified atom stereocenters. The number of para-hydroxylation sites is 1. The number of nitrogens with zero attached hydrogens (tertiary/aromatic N) is 2. The van der Waals surface area contributed by atoms with Crippen LogP contribution in [0.1, 0.15) is 5.56 Å². The van der Waals surface area contributed by atoms with Gasteiger partial charge in [-0.2, -0.15) is 0 Å². The van der Waals surface area contributed by atoms with Crippen molar-refractivity contribution in [3.05, 3.63) is 66.1 Å². The van der Waals surface area contributed by atoms with Gasteiger partial charge in [-0.25, -0.2) is 14.4 Å². The van der Waals surface area contributed by atoms with Crippen LogP contribution in [0, 0.1) is 5.82 Å². The van der Waals surface area contributed by atoms with E-state index in [-0.39, 0.29) is 5.82 Å². The zero-order valence-electron chi connectivity index (χ0n) is 10.9. The minimum absolute atomic E-state index is 0.172. The first-order valence-corrected chi connectivity index (χ1v) is 6.52. The van der Waals surface area contributed by atoms with Gasteiger partial charge in [-0.3, -0.25) is 0 Å². The van der Waals surface area contributed by atoms with Crippen molar-refractivity contribution in [3.63, 3.8) is 0 Å². The Hall–Kier alpha value is -2.49. The highest BCUT2D eigenvalue weighted by molar-refractivity contribution is 5.78. The molecule has 3 nitrogen and oxygen atoms in total. The zero-order chi connectivity index (χ0) is 13.8. The summed E-state index contributed by atoms with van der Waals surface area (Å²) in [5.74, 6) is 0.397. The molecule has 0 amide bonds. The average molecular weight is 267 g/mol. The maximum Gasteiger partial charge on any atom is 0.223 e. The molecule has 0 spiro atoms. The molecule has 0 fully saturated rings. The Balaban J connectivity index is 1.67. The van der Waals surface area contributed by atoms with Gasteiger partial charge in [0.25, 0.3) is 0 Å². The average Bonchev–Trinajstić information content (AvgIpc) is 2.49. The van der Waals surface area contributed by atoms with Crippen LogP contribution in [0.15, 0.2) is 54.7 Å². The van der Waals surface area contributed by atoms with Crippen LogP contribution in [0.2, 0.25) is 0 Å². The summed E-state index contributed by atoms with van der Waals surface area (Å²) < 4.78 is 13.5. The number of rotatable bonds is 4. The van der Waals surface area contributed by atoms with Gasteiger partial charge in [-0.05, 0) is 24.1 Å². The molecule has 4 heteroatoms. The third-order valence-corrected chi connectivity index (χ3v) is 3.12. The van der Waals surface area contributed by atoms with E-state index in [0.29, 0.717) is 24.5 Å². The van der Waals surface area contributed by atoms with Crippen LogP contribution >= 0.6 is 0 Å². The quantitative estimate of drug-likeness (QED) is 0.787. The Bertz CT molecular complexity index is 727. The van der Waals surface area contributed by atoms with Gasteiger partial charge in [-0.15, -0.1) is 0 Å². The third kappa shape index (κ3) is 2.74. The lowest BCUT2D eigenvalue weighted by Gasteiger charge is -2.06. The van der Waals surface area contributed by atoms with E-state index in [1.165, 1.54) is 6.07 Å². The van der Waals surface area contributed by atoms with Crippen LogP contribution < -0.4 is 5.32 Å². The third-order valence-electron chi connectivity index (χ3n) is 3.12. The maximum atomic E-state index is 13.5. The normalized spacial score (nSPS) is 10.7. The molecular formula is C16H14FN3. The summed E-state index contributed by atoms with van der Waals surface area (Å²) >= 11 is 0. The number of hydrogen-bond donors (Lipinski definition) is 1. The van der Waals surface area contributed by atoms with Crippen LogP contribution in [-0.2, 0) is 6.42 Å². The Morgan fingerprint density at radius 2 is 1.80 bits per heavy atom. The predicted octanol–water partition coefficient (Wildman–Crippen LogP) is 3.42. The summed E-state index contributed by atoms with van der Waals surface area (Å²) in [6.07, 6.45) is 2.39. The van der Waals surface area contributed by atoms with Gasteiger partial charge in [0, 0.05) is 18.1 Å². The fourth-order valence-electron chi connectivity index (χ4n) is 2.07. The summed E-state index contributed by atoms with van der Waals surface area (Å²) in [6, 6.07) is 14.6. The molecule has 0 atom stereocenters. The standard InChI is InChI=1S/C16H14FN3/c17-14-7-3-1-5-12(14)9-10-18-16-19-11-13-6-2-4-8-15(13)20-16/h1-8,11H,9-10H2,(H,18,19,20). The van der Waals surface area contributed by atoms with Crippen molar-refractivity contribution >= 4 is 16.9 Å². The second kappa shape index (κ2) is 5.65. The number of hydrogen-bond acceptors (Lipinski definition) is 3. The van der Waals surface area contributed by atoms with Crippen molar-refractivity contribution in [1.82, 2.24) is 9.97 Å². The number of nitrogens with one attached hydrogen (secondary N) is 1. The number of halogens is 1. The van der Waals surface area contributed by atoms with Crippen molar-refractivity contribution in [2.75, 3.05) is 11.9 Å². The van der Waals surface area contributed by atoms with E-state index in [1.807, 2.05) is 30.3 Å². The maximum absolute atomic E-state index is 13.5.